The van der Waals surface area contributed by atoms with Gasteiger partial charge in [-0.2, -0.15) is 0 Å². The van der Waals surface area contributed by atoms with Gasteiger partial charge in [0.25, 0.3) is 0 Å². The lowest BCUT2D eigenvalue weighted by Crippen LogP contribution is -2.30. The first-order chi connectivity index (χ1) is 16.5. The number of pyridine rings is 1. The number of nitrogens with zero attached hydrogens (tertiary/aromatic N) is 3. The first-order valence-electron chi connectivity index (χ1n) is 11.4. The van der Waals surface area contributed by atoms with Gasteiger partial charge in [0.05, 0.1) is 24.9 Å². The highest BCUT2D eigenvalue weighted by Crippen LogP contribution is 2.40. The second kappa shape index (κ2) is 9.31. The number of nitrogens with one attached hydrogen (secondary N) is 1. The summed E-state index contributed by atoms with van der Waals surface area (Å²) in [7, 11) is 1.68. The van der Waals surface area contributed by atoms with Gasteiger partial charge in [-0.15, -0.1) is 0 Å². The number of benzene rings is 2. The number of aryl methyl sites for hydroxylation is 2. The van der Waals surface area contributed by atoms with E-state index in [0.29, 0.717) is 6.54 Å². The Balaban J connectivity index is 1.58. The Kier molecular flexibility index (Phi) is 6.07. The third-order valence-electron chi connectivity index (χ3n) is 6.56. The molecule has 3 heterocycles. The third-order valence-corrected chi connectivity index (χ3v) is 6.91. The maximum absolute atomic E-state index is 5.87. The van der Waals surface area contributed by atoms with Crippen molar-refractivity contribution in [3.63, 3.8) is 0 Å². The zero-order valence-electron chi connectivity index (χ0n) is 19.6. The van der Waals surface area contributed by atoms with Gasteiger partial charge in [0.2, 0.25) is 0 Å². The molecular formula is C28H28N4OS. The van der Waals surface area contributed by atoms with E-state index >= 15 is 0 Å². The highest BCUT2D eigenvalue weighted by atomic mass is 32.1. The second-order valence-electron chi connectivity index (χ2n) is 8.67. The van der Waals surface area contributed by atoms with Gasteiger partial charge in [0.1, 0.15) is 5.75 Å². The molecule has 6 heteroatoms. The number of methoxy groups -OCH3 is 1. The maximum atomic E-state index is 5.87. The maximum Gasteiger partial charge on any atom is 0.170 e. The van der Waals surface area contributed by atoms with Gasteiger partial charge in [-0.05, 0) is 91.3 Å². The fourth-order valence-corrected chi connectivity index (χ4v) is 4.88. The Hall–Kier alpha value is -3.64. The van der Waals surface area contributed by atoms with Crippen molar-refractivity contribution in [2.75, 3.05) is 7.11 Å². The first-order valence-corrected chi connectivity index (χ1v) is 11.8. The van der Waals surface area contributed by atoms with Gasteiger partial charge in [-0.1, -0.05) is 24.3 Å². The van der Waals surface area contributed by atoms with Gasteiger partial charge in [0, 0.05) is 30.3 Å². The van der Waals surface area contributed by atoms with E-state index in [1.807, 2.05) is 30.5 Å². The Morgan fingerprint density at radius 2 is 1.79 bits per heavy atom. The van der Waals surface area contributed by atoms with E-state index in [1.54, 1.807) is 7.11 Å². The zero-order valence-corrected chi connectivity index (χ0v) is 20.4. The first kappa shape index (κ1) is 22.2. The molecule has 34 heavy (non-hydrogen) atoms. The van der Waals surface area contributed by atoms with Crippen LogP contribution in [0.25, 0.3) is 5.69 Å². The molecule has 2 atom stereocenters. The Morgan fingerprint density at radius 1 is 0.971 bits per heavy atom. The van der Waals surface area contributed by atoms with E-state index in [0.717, 1.165) is 22.2 Å². The van der Waals surface area contributed by atoms with Gasteiger partial charge in [0.15, 0.2) is 5.11 Å². The monoisotopic (exact) mass is 468 g/mol. The lowest BCUT2D eigenvalue weighted by atomic mass is 10.0. The fourth-order valence-electron chi connectivity index (χ4n) is 4.57. The summed E-state index contributed by atoms with van der Waals surface area (Å²) < 4.78 is 7.60. The highest BCUT2D eigenvalue weighted by Gasteiger charge is 2.41. The van der Waals surface area contributed by atoms with Crippen molar-refractivity contribution in [2.24, 2.45) is 0 Å². The van der Waals surface area contributed by atoms with Crippen molar-refractivity contribution < 1.29 is 4.74 Å². The number of rotatable bonds is 6. The quantitative estimate of drug-likeness (QED) is 0.369. The van der Waals surface area contributed by atoms with Gasteiger partial charge in [-0.3, -0.25) is 4.98 Å². The molecule has 0 radical (unpaired) electrons. The lowest BCUT2D eigenvalue weighted by molar-refractivity contribution is 0.302. The number of thiocarbonyl (C=S) groups is 1. The molecule has 0 bridgehead atoms. The van der Waals surface area contributed by atoms with Crippen LogP contribution in [0.5, 0.6) is 5.75 Å². The van der Waals surface area contributed by atoms with E-state index in [9.17, 15) is 0 Å². The number of aromatic nitrogens is 2. The summed E-state index contributed by atoms with van der Waals surface area (Å²) in [5, 5.41) is 4.28. The van der Waals surface area contributed by atoms with Crippen LogP contribution in [0.2, 0.25) is 0 Å². The molecular weight excluding hydrogens is 440 g/mol. The zero-order chi connectivity index (χ0) is 23.7. The van der Waals surface area contributed by atoms with Crippen LogP contribution in [-0.4, -0.2) is 26.7 Å². The second-order valence-corrected chi connectivity index (χ2v) is 9.06. The molecule has 2 aromatic carbocycles. The smallest absolute Gasteiger partial charge is 0.170 e. The summed E-state index contributed by atoms with van der Waals surface area (Å²) in [4.78, 5) is 6.94. The van der Waals surface area contributed by atoms with Crippen molar-refractivity contribution in [1.82, 2.24) is 19.8 Å². The molecule has 1 saturated heterocycles. The summed E-state index contributed by atoms with van der Waals surface area (Å²) in [5.41, 5.74) is 7.01. The molecule has 4 aromatic rings. The molecule has 0 saturated carbocycles. The standard InChI is InChI=1S/C28H28N4OS/c1-19-9-12-22(17-20(19)2)31-16-6-8-25(31)27-26(24-7-4-5-15-29-24)30-28(34)32(27)18-21-10-13-23(33-3)14-11-21/h4-17,26-27H,18H2,1-3H3,(H,30,34)/t26-,27-/m1/s1. The van der Waals surface area contributed by atoms with Gasteiger partial charge in [-0.25, -0.2) is 0 Å². The van der Waals surface area contributed by atoms with Crippen LogP contribution in [0.1, 0.15) is 40.2 Å². The van der Waals surface area contributed by atoms with Crippen LogP contribution in [0, 0.1) is 13.8 Å². The third kappa shape index (κ3) is 4.17. The Morgan fingerprint density at radius 3 is 2.50 bits per heavy atom. The molecule has 0 aliphatic carbocycles. The molecule has 1 aliphatic heterocycles. The molecule has 2 aromatic heterocycles. The molecule has 0 amide bonds. The fraction of sp³-hybridized carbons (Fsp3) is 0.214. The van der Waals surface area contributed by atoms with Crippen molar-refractivity contribution in [3.8, 4) is 11.4 Å². The SMILES string of the molecule is COc1ccc(CN2C(=S)N[C@H](c3ccccn3)[C@H]2c2cccn2-c2ccc(C)c(C)c2)cc1. The van der Waals surface area contributed by atoms with Gasteiger partial charge >= 0.3 is 0 Å². The summed E-state index contributed by atoms with van der Waals surface area (Å²) in [5.74, 6) is 0.845. The lowest BCUT2D eigenvalue weighted by Gasteiger charge is -2.29. The van der Waals surface area contributed by atoms with Crippen molar-refractivity contribution in [2.45, 2.75) is 32.5 Å². The highest BCUT2D eigenvalue weighted by molar-refractivity contribution is 7.80. The molecule has 5 nitrogen and oxygen atoms in total. The number of ether oxygens (including phenoxy) is 1. The Labute approximate surface area is 206 Å². The average Bonchev–Trinajstić information content (AvgIpc) is 3.46. The molecule has 5 rings (SSSR count). The largest absolute Gasteiger partial charge is 0.497 e. The van der Waals surface area contributed by atoms with Gasteiger partial charge < -0.3 is 19.5 Å². The summed E-state index contributed by atoms with van der Waals surface area (Å²) in [6, 6.07) is 25.0. The van der Waals surface area contributed by atoms with Crippen LogP contribution in [-0.2, 0) is 6.54 Å². The predicted molar refractivity (Wildman–Crippen MR) is 139 cm³/mol. The summed E-state index contributed by atoms with van der Waals surface area (Å²) in [6.45, 7) is 4.98. The molecule has 172 valence electrons. The predicted octanol–water partition coefficient (Wildman–Crippen LogP) is 5.67. The van der Waals surface area contributed by atoms with Crippen molar-refractivity contribution in [3.05, 3.63) is 113 Å². The van der Waals surface area contributed by atoms with E-state index in [-0.39, 0.29) is 12.1 Å². The van der Waals surface area contributed by atoms with E-state index in [2.05, 4.69) is 88.3 Å². The Bertz CT molecular complexity index is 1300. The molecule has 1 fully saturated rings. The van der Waals surface area contributed by atoms with E-state index < -0.39 is 0 Å². The van der Waals surface area contributed by atoms with Crippen molar-refractivity contribution in [1.29, 1.82) is 0 Å². The van der Waals surface area contributed by atoms with E-state index in [1.165, 1.54) is 22.4 Å². The van der Waals surface area contributed by atoms with Crippen LogP contribution < -0.4 is 10.1 Å². The summed E-state index contributed by atoms with van der Waals surface area (Å²) >= 11 is 5.87. The van der Waals surface area contributed by atoms with Crippen LogP contribution in [0.15, 0.2) is 85.2 Å². The van der Waals surface area contributed by atoms with Crippen LogP contribution in [0.4, 0.5) is 0 Å². The molecule has 1 N–H and O–H groups in total. The minimum absolute atomic E-state index is 0.0267. The van der Waals surface area contributed by atoms with Crippen LogP contribution >= 0.6 is 12.2 Å². The normalized spacial score (nSPS) is 17.6. The average molecular weight is 469 g/mol. The minimum atomic E-state index is -0.0628. The molecule has 0 unspecified atom stereocenters. The number of hydrogen-bond acceptors (Lipinski definition) is 3. The molecule has 0 spiro atoms. The van der Waals surface area contributed by atoms with E-state index in [4.69, 9.17) is 17.0 Å². The summed E-state index contributed by atoms with van der Waals surface area (Å²) in [6.07, 6.45) is 3.97. The topological polar surface area (TPSA) is 42.3 Å². The van der Waals surface area contributed by atoms with Crippen molar-refractivity contribution >= 4 is 17.3 Å². The van der Waals surface area contributed by atoms with Crippen LogP contribution in [0.3, 0.4) is 0 Å². The minimum Gasteiger partial charge on any atom is -0.497 e. The number of hydrogen-bond donors (Lipinski definition) is 1. The molecule has 1 aliphatic rings.